The van der Waals surface area contributed by atoms with Crippen LogP contribution in [0.5, 0.6) is 0 Å². The van der Waals surface area contributed by atoms with Crippen LogP contribution in [0.1, 0.15) is 20.8 Å². The topological polar surface area (TPSA) is 217 Å². The first-order valence-electron chi connectivity index (χ1n) is 12.1. The molecule has 0 aromatic heterocycles. The normalized spacial score (nSPS) is 50.4. The van der Waals surface area contributed by atoms with Crippen LogP contribution in [0.2, 0.25) is 0 Å². The first kappa shape index (κ1) is 30.0. The molecule has 0 radical (unpaired) electrons. The van der Waals surface area contributed by atoms with Gasteiger partial charge in [0.15, 0.2) is 12.6 Å². The van der Waals surface area contributed by atoms with Crippen molar-refractivity contribution in [3.05, 3.63) is 0 Å². The van der Waals surface area contributed by atoms with E-state index in [0.29, 0.717) is 0 Å². The molecule has 3 aliphatic rings. The lowest BCUT2D eigenvalue weighted by Gasteiger charge is -2.47. The van der Waals surface area contributed by atoms with Gasteiger partial charge in [0.05, 0.1) is 25.4 Å². The Morgan fingerprint density at radius 3 is 1.81 bits per heavy atom. The lowest BCUT2D eigenvalue weighted by molar-refractivity contribution is -0.353. The van der Waals surface area contributed by atoms with Gasteiger partial charge in [-0.1, -0.05) is 13.8 Å². The van der Waals surface area contributed by atoms with E-state index in [2.05, 4.69) is 0 Å². The van der Waals surface area contributed by atoms with Crippen LogP contribution >= 0.6 is 0 Å². The molecule has 0 spiro atoms. The van der Waals surface area contributed by atoms with E-state index in [0.717, 1.165) is 0 Å². The largest absolute Gasteiger partial charge is 0.394 e. The second kappa shape index (κ2) is 12.5. The maximum atomic E-state index is 10.7. The average molecular weight is 529 g/mol. The summed E-state index contributed by atoms with van der Waals surface area (Å²) in [5, 5.41) is 81.3. The number of hydrogen-bond donors (Lipinski definition) is 8. The summed E-state index contributed by atoms with van der Waals surface area (Å²) >= 11 is 0. The molecule has 15 unspecified atom stereocenters. The van der Waals surface area contributed by atoms with Crippen molar-refractivity contribution in [2.75, 3.05) is 20.3 Å². The van der Waals surface area contributed by atoms with Gasteiger partial charge in [0.1, 0.15) is 67.1 Å². The fraction of sp³-hybridized carbons (Fsp3) is 1.00. The summed E-state index contributed by atoms with van der Waals surface area (Å²) in [7, 11) is 1.40. The zero-order valence-electron chi connectivity index (χ0n) is 20.7. The molecular formula is C22H40O14. The van der Waals surface area contributed by atoms with Crippen molar-refractivity contribution in [2.45, 2.75) is 113 Å². The molecule has 0 aliphatic carbocycles. The van der Waals surface area contributed by atoms with Crippen molar-refractivity contribution in [3.8, 4) is 0 Å². The monoisotopic (exact) mass is 528 g/mol. The smallest absolute Gasteiger partial charge is 0.187 e. The molecule has 0 saturated carbocycles. The molecule has 3 fully saturated rings. The van der Waals surface area contributed by atoms with Gasteiger partial charge in [-0.2, -0.15) is 0 Å². The van der Waals surface area contributed by atoms with Gasteiger partial charge in [-0.05, 0) is 12.8 Å². The minimum atomic E-state index is -1.71. The van der Waals surface area contributed by atoms with Crippen LogP contribution in [0.15, 0.2) is 0 Å². The van der Waals surface area contributed by atoms with E-state index in [-0.39, 0.29) is 5.92 Å². The summed E-state index contributed by atoms with van der Waals surface area (Å²) in [6.07, 6.45) is -19.3. The summed E-state index contributed by atoms with van der Waals surface area (Å²) in [6.45, 7) is 4.34. The van der Waals surface area contributed by atoms with Gasteiger partial charge in [-0.25, -0.2) is 0 Å². The van der Waals surface area contributed by atoms with Gasteiger partial charge in [-0.3, -0.25) is 0 Å². The molecule has 3 aliphatic heterocycles. The van der Waals surface area contributed by atoms with Gasteiger partial charge < -0.3 is 69.3 Å². The third kappa shape index (κ3) is 6.02. The number of ether oxygens (including phenoxy) is 6. The highest BCUT2D eigenvalue weighted by molar-refractivity contribution is 4.96. The summed E-state index contributed by atoms with van der Waals surface area (Å²) < 4.78 is 33.6. The van der Waals surface area contributed by atoms with Crippen molar-refractivity contribution < 1.29 is 69.3 Å². The molecular weight excluding hydrogens is 488 g/mol. The van der Waals surface area contributed by atoms with Gasteiger partial charge in [-0.15, -0.1) is 0 Å². The molecule has 15 atom stereocenters. The van der Waals surface area contributed by atoms with E-state index in [1.165, 1.54) is 7.11 Å². The zero-order chi connectivity index (χ0) is 26.9. The van der Waals surface area contributed by atoms with Crippen molar-refractivity contribution in [1.82, 2.24) is 0 Å². The number of aliphatic hydroxyl groups excluding tert-OH is 8. The van der Waals surface area contributed by atoms with E-state index in [9.17, 15) is 40.9 Å². The van der Waals surface area contributed by atoms with Crippen LogP contribution in [-0.4, -0.2) is 153 Å². The number of hydrogen-bond acceptors (Lipinski definition) is 14. The Morgan fingerprint density at radius 2 is 1.25 bits per heavy atom. The first-order chi connectivity index (χ1) is 16.9. The Labute approximate surface area is 208 Å². The molecule has 0 aromatic carbocycles. The number of aliphatic hydroxyl groups is 8. The quantitative estimate of drug-likeness (QED) is 0.150. The number of rotatable bonds is 8. The third-order valence-electron chi connectivity index (χ3n) is 6.99. The van der Waals surface area contributed by atoms with Crippen molar-refractivity contribution in [1.29, 1.82) is 0 Å². The summed E-state index contributed by atoms with van der Waals surface area (Å²) in [6, 6.07) is 0. The maximum Gasteiger partial charge on any atom is 0.187 e. The zero-order valence-corrected chi connectivity index (χ0v) is 20.7. The fourth-order valence-electron chi connectivity index (χ4n) is 4.78. The second-order valence-corrected chi connectivity index (χ2v) is 9.89. The minimum Gasteiger partial charge on any atom is -0.394 e. The predicted molar refractivity (Wildman–Crippen MR) is 117 cm³/mol. The minimum absolute atomic E-state index is 0.0153. The van der Waals surface area contributed by atoms with Gasteiger partial charge in [0, 0.05) is 7.11 Å². The average Bonchev–Trinajstić information content (AvgIpc) is 2.84. The van der Waals surface area contributed by atoms with Crippen LogP contribution in [0.25, 0.3) is 0 Å². The van der Waals surface area contributed by atoms with E-state index >= 15 is 0 Å². The van der Waals surface area contributed by atoms with Crippen molar-refractivity contribution >= 4 is 0 Å². The molecule has 14 heteroatoms. The Hall–Kier alpha value is -0.560. The molecule has 14 nitrogen and oxygen atoms in total. The second-order valence-electron chi connectivity index (χ2n) is 9.89. The van der Waals surface area contributed by atoms with Gasteiger partial charge >= 0.3 is 0 Å². The summed E-state index contributed by atoms with van der Waals surface area (Å²) in [5.74, 6) is -0.0153. The molecule has 8 N–H and O–H groups in total. The Bertz CT molecular complexity index is 681. The van der Waals surface area contributed by atoms with Crippen LogP contribution in [0.3, 0.4) is 0 Å². The summed E-state index contributed by atoms with van der Waals surface area (Å²) in [4.78, 5) is 0. The van der Waals surface area contributed by atoms with Crippen molar-refractivity contribution in [3.63, 3.8) is 0 Å². The fourth-order valence-corrected chi connectivity index (χ4v) is 4.78. The highest BCUT2D eigenvalue weighted by atomic mass is 16.7. The Kier molecular flexibility index (Phi) is 10.4. The predicted octanol–water partition coefficient (Wildman–Crippen LogP) is -4.19. The molecule has 3 heterocycles. The Balaban J connectivity index is 1.68. The van der Waals surface area contributed by atoms with Gasteiger partial charge in [0.25, 0.3) is 0 Å². The van der Waals surface area contributed by atoms with Gasteiger partial charge in [0.2, 0.25) is 0 Å². The highest BCUT2D eigenvalue weighted by Crippen LogP contribution is 2.32. The van der Waals surface area contributed by atoms with E-state index < -0.39 is 105 Å². The van der Waals surface area contributed by atoms with Crippen LogP contribution in [0.4, 0.5) is 0 Å². The molecule has 3 rings (SSSR count). The van der Waals surface area contributed by atoms with E-state index in [1.54, 1.807) is 6.92 Å². The lowest BCUT2D eigenvalue weighted by atomic mass is 9.89. The summed E-state index contributed by atoms with van der Waals surface area (Å²) in [5.41, 5.74) is 0. The molecule has 0 bridgehead atoms. The van der Waals surface area contributed by atoms with E-state index in [4.69, 9.17) is 28.4 Å². The van der Waals surface area contributed by atoms with E-state index in [1.807, 2.05) is 13.8 Å². The molecule has 0 aromatic rings. The number of methoxy groups -OCH3 is 1. The SMILES string of the molecule is COC1C(O)C(C(C)C)OC(C)C1OC1OC(COC2OC(CO)C(O)C(O)C2O)C(O)C(O)C1O. The Morgan fingerprint density at radius 1 is 0.694 bits per heavy atom. The van der Waals surface area contributed by atoms with Crippen LogP contribution in [-0.2, 0) is 28.4 Å². The lowest BCUT2D eigenvalue weighted by Crippen LogP contribution is -2.64. The molecule has 212 valence electrons. The first-order valence-corrected chi connectivity index (χ1v) is 12.1. The molecule has 36 heavy (non-hydrogen) atoms. The maximum absolute atomic E-state index is 10.7. The highest BCUT2D eigenvalue weighted by Gasteiger charge is 2.51. The van der Waals surface area contributed by atoms with Crippen LogP contribution in [0, 0.1) is 5.92 Å². The standard InChI is InChI=1S/C22H40O14/c1-7(2)18-17(30)20(31-4)19(8(3)33-18)36-22-16(29)14(27)12(25)10(35-22)6-32-21-15(28)13(26)11(24)9(5-23)34-21/h7-30H,5-6H2,1-4H3. The van der Waals surface area contributed by atoms with Crippen LogP contribution < -0.4 is 0 Å². The molecule has 0 amide bonds. The van der Waals surface area contributed by atoms with Crippen molar-refractivity contribution in [2.24, 2.45) is 5.92 Å². The molecule has 3 saturated heterocycles. The third-order valence-corrected chi connectivity index (χ3v) is 6.99.